The van der Waals surface area contributed by atoms with E-state index >= 15 is 0 Å². The van der Waals surface area contributed by atoms with E-state index in [2.05, 4.69) is 30.7 Å². The highest BCUT2D eigenvalue weighted by molar-refractivity contribution is 7.99. The molecule has 1 aliphatic carbocycles. The van der Waals surface area contributed by atoms with Crippen LogP contribution in [0.5, 0.6) is 0 Å². The fourth-order valence-corrected chi connectivity index (χ4v) is 4.61. The minimum atomic E-state index is -0.158. The number of carbonyl (C=O) groups excluding carboxylic acids is 1. The molecule has 162 valence electrons. The molecular formula is C20H34N6O2S. The van der Waals surface area contributed by atoms with Crippen LogP contribution < -0.4 is 10.6 Å². The minimum Gasteiger partial charge on any atom is -0.354 e. The van der Waals surface area contributed by atoms with Gasteiger partial charge in [0.25, 0.3) is 0 Å². The molecule has 2 aliphatic rings. The normalized spacial score (nSPS) is 23.7. The van der Waals surface area contributed by atoms with E-state index in [1.807, 2.05) is 32.5 Å². The van der Waals surface area contributed by atoms with Crippen molar-refractivity contribution in [1.29, 1.82) is 0 Å². The first-order valence-corrected chi connectivity index (χ1v) is 11.7. The highest BCUT2D eigenvalue weighted by atomic mass is 32.2. The smallest absolute Gasteiger partial charge is 0.232 e. The Morgan fingerprint density at radius 2 is 1.93 bits per heavy atom. The van der Waals surface area contributed by atoms with Crippen molar-refractivity contribution in [3.8, 4) is 0 Å². The van der Waals surface area contributed by atoms with Crippen molar-refractivity contribution in [2.75, 3.05) is 31.6 Å². The van der Waals surface area contributed by atoms with Crippen LogP contribution in [0, 0.1) is 5.92 Å². The van der Waals surface area contributed by atoms with Crippen LogP contribution in [0.3, 0.4) is 0 Å². The molecule has 1 aromatic heterocycles. The summed E-state index contributed by atoms with van der Waals surface area (Å²) < 4.78 is 5.33. The molecule has 0 bridgehead atoms. The maximum atomic E-state index is 12.7. The number of hydrogen-bond donors (Lipinski definition) is 2. The third-order valence-electron chi connectivity index (χ3n) is 5.49. The quantitative estimate of drug-likeness (QED) is 0.567. The summed E-state index contributed by atoms with van der Waals surface area (Å²) in [6.45, 7) is 8.41. The number of amides is 1. The van der Waals surface area contributed by atoms with E-state index in [4.69, 9.17) is 4.52 Å². The van der Waals surface area contributed by atoms with Crippen LogP contribution in [0.15, 0.2) is 9.52 Å². The highest BCUT2D eigenvalue weighted by Crippen LogP contribution is 2.27. The second-order valence-electron chi connectivity index (χ2n) is 8.82. The van der Waals surface area contributed by atoms with Gasteiger partial charge in [-0.15, -0.1) is 0 Å². The molecule has 0 atom stereocenters. The summed E-state index contributed by atoms with van der Waals surface area (Å²) in [7, 11) is 1.76. The molecule has 1 amide bonds. The highest BCUT2D eigenvalue weighted by Gasteiger charge is 2.30. The molecule has 2 N–H and O–H groups in total. The number of aromatic nitrogens is 2. The Morgan fingerprint density at radius 3 is 2.52 bits per heavy atom. The third kappa shape index (κ3) is 6.10. The molecule has 1 aliphatic heterocycles. The van der Waals surface area contributed by atoms with Crippen LogP contribution in [0.2, 0.25) is 0 Å². The van der Waals surface area contributed by atoms with Crippen molar-refractivity contribution in [2.24, 2.45) is 10.9 Å². The van der Waals surface area contributed by atoms with E-state index in [0.717, 1.165) is 56.2 Å². The summed E-state index contributed by atoms with van der Waals surface area (Å²) >= 11 is 1.94. The van der Waals surface area contributed by atoms with Gasteiger partial charge in [0.1, 0.15) is 0 Å². The zero-order valence-electron chi connectivity index (χ0n) is 18.0. The van der Waals surface area contributed by atoms with Crippen molar-refractivity contribution in [3.05, 3.63) is 11.7 Å². The lowest BCUT2D eigenvalue weighted by Crippen LogP contribution is -2.47. The molecule has 3 rings (SSSR count). The Bertz CT molecular complexity index is 700. The molecule has 1 aromatic rings. The van der Waals surface area contributed by atoms with E-state index in [1.165, 1.54) is 0 Å². The van der Waals surface area contributed by atoms with Crippen molar-refractivity contribution in [2.45, 2.75) is 64.5 Å². The first-order valence-electron chi connectivity index (χ1n) is 10.5. The fraction of sp³-hybridized carbons (Fsp3) is 0.800. The first kappa shape index (κ1) is 21.9. The molecule has 0 radical (unpaired) electrons. The van der Waals surface area contributed by atoms with Gasteiger partial charge in [0.2, 0.25) is 11.8 Å². The average molecular weight is 423 g/mol. The van der Waals surface area contributed by atoms with E-state index in [9.17, 15) is 4.79 Å². The topological polar surface area (TPSA) is 95.6 Å². The van der Waals surface area contributed by atoms with E-state index in [-0.39, 0.29) is 11.3 Å². The lowest BCUT2D eigenvalue weighted by molar-refractivity contribution is -0.136. The molecule has 0 aromatic carbocycles. The van der Waals surface area contributed by atoms with Gasteiger partial charge in [-0.25, -0.2) is 0 Å². The second kappa shape index (κ2) is 9.82. The fourth-order valence-electron chi connectivity index (χ4n) is 3.71. The molecule has 8 nitrogen and oxygen atoms in total. The summed E-state index contributed by atoms with van der Waals surface area (Å²) in [4.78, 5) is 23.5. The maximum Gasteiger partial charge on any atom is 0.232 e. The van der Waals surface area contributed by atoms with Crippen LogP contribution in [-0.4, -0.2) is 64.6 Å². The molecule has 2 heterocycles. The largest absolute Gasteiger partial charge is 0.354 e. The number of aliphatic imine (C=N–C) groups is 1. The summed E-state index contributed by atoms with van der Waals surface area (Å²) in [5.74, 6) is 4.67. The van der Waals surface area contributed by atoms with Gasteiger partial charge in [-0.2, -0.15) is 16.7 Å². The predicted octanol–water partition coefficient (Wildman–Crippen LogP) is 2.17. The van der Waals surface area contributed by atoms with Gasteiger partial charge >= 0.3 is 0 Å². The van der Waals surface area contributed by atoms with Crippen molar-refractivity contribution < 1.29 is 9.32 Å². The van der Waals surface area contributed by atoms with Crippen molar-refractivity contribution in [1.82, 2.24) is 25.7 Å². The van der Waals surface area contributed by atoms with E-state index in [1.54, 1.807) is 7.05 Å². The van der Waals surface area contributed by atoms with Gasteiger partial charge in [-0.3, -0.25) is 9.79 Å². The minimum absolute atomic E-state index is 0.158. The number of hydrogen-bond acceptors (Lipinski definition) is 6. The molecule has 29 heavy (non-hydrogen) atoms. The molecule has 2 fully saturated rings. The Kier molecular flexibility index (Phi) is 7.43. The molecule has 0 unspecified atom stereocenters. The number of nitrogens with zero attached hydrogens (tertiary/aromatic N) is 4. The maximum absolute atomic E-state index is 12.7. The molecule has 0 spiro atoms. The SMILES string of the molecule is CN=C(NCc1noc(C(C)(C)C)n1)NC1CCC(C(=O)N2CCSCC2)CC1. The predicted molar refractivity (Wildman–Crippen MR) is 116 cm³/mol. The van der Waals surface area contributed by atoms with Gasteiger partial charge in [0.15, 0.2) is 11.8 Å². The van der Waals surface area contributed by atoms with Gasteiger partial charge < -0.3 is 20.1 Å². The Hall–Kier alpha value is -1.77. The molecule has 1 saturated carbocycles. The van der Waals surface area contributed by atoms with E-state index < -0.39 is 0 Å². The van der Waals surface area contributed by atoms with Gasteiger partial charge in [0.05, 0.1) is 6.54 Å². The van der Waals surface area contributed by atoms with E-state index in [0.29, 0.717) is 30.2 Å². The zero-order chi connectivity index (χ0) is 20.9. The zero-order valence-corrected chi connectivity index (χ0v) is 18.8. The van der Waals surface area contributed by atoms with Gasteiger partial charge in [0, 0.05) is 49.0 Å². The molecular weight excluding hydrogens is 388 g/mol. The average Bonchev–Trinajstić information content (AvgIpc) is 3.21. The number of guanidine groups is 1. The Labute approximate surface area is 177 Å². The number of thioether (sulfide) groups is 1. The van der Waals surface area contributed by atoms with Crippen LogP contribution >= 0.6 is 11.8 Å². The molecule has 1 saturated heterocycles. The Balaban J connectivity index is 1.42. The standard InChI is InChI=1S/C20H34N6O2S/c1-20(2,3)18-24-16(25-28-18)13-22-19(21-4)23-15-7-5-14(6-8-15)17(27)26-9-11-29-12-10-26/h14-15H,5-13H2,1-4H3,(H2,21,22,23). The monoisotopic (exact) mass is 422 g/mol. The summed E-state index contributed by atoms with van der Waals surface area (Å²) in [5, 5.41) is 10.8. The van der Waals surface area contributed by atoms with Gasteiger partial charge in [-0.1, -0.05) is 25.9 Å². The number of carbonyl (C=O) groups is 1. The number of rotatable bonds is 4. The Morgan fingerprint density at radius 1 is 1.24 bits per heavy atom. The summed E-state index contributed by atoms with van der Waals surface area (Å²) in [6.07, 6.45) is 3.85. The van der Waals surface area contributed by atoms with Crippen LogP contribution in [0.1, 0.15) is 58.2 Å². The van der Waals surface area contributed by atoms with Crippen molar-refractivity contribution in [3.63, 3.8) is 0 Å². The van der Waals surface area contributed by atoms with Crippen LogP contribution in [0.25, 0.3) is 0 Å². The van der Waals surface area contributed by atoms with Gasteiger partial charge in [-0.05, 0) is 25.7 Å². The second-order valence-corrected chi connectivity index (χ2v) is 10.0. The molecule has 9 heteroatoms. The van der Waals surface area contributed by atoms with Crippen LogP contribution in [0.4, 0.5) is 0 Å². The number of nitrogens with one attached hydrogen (secondary N) is 2. The van der Waals surface area contributed by atoms with Crippen molar-refractivity contribution >= 4 is 23.6 Å². The first-order chi connectivity index (χ1) is 13.9. The lowest BCUT2D eigenvalue weighted by Gasteiger charge is -2.34. The summed E-state index contributed by atoms with van der Waals surface area (Å²) in [6, 6.07) is 0.331. The lowest BCUT2D eigenvalue weighted by atomic mass is 9.85. The summed E-state index contributed by atoms with van der Waals surface area (Å²) in [5.41, 5.74) is -0.158. The third-order valence-corrected chi connectivity index (χ3v) is 6.43. The van der Waals surface area contributed by atoms with Crippen LogP contribution in [-0.2, 0) is 16.8 Å².